The summed E-state index contributed by atoms with van der Waals surface area (Å²) >= 11 is 0. The third-order valence-corrected chi connectivity index (χ3v) is 2.22. The monoisotopic (exact) mass is 264 g/mol. The Kier molecular flexibility index (Phi) is 5.14. The van der Waals surface area contributed by atoms with Crippen molar-refractivity contribution in [2.24, 2.45) is 7.05 Å². The van der Waals surface area contributed by atoms with Gasteiger partial charge in [0.2, 0.25) is 5.91 Å². The molecule has 18 heavy (non-hydrogen) atoms. The summed E-state index contributed by atoms with van der Waals surface area (Å²) in [6.45, 7) is -0.961. The summed E-state index contributed by atoms with van der Waals surface area (Å²) in [6, 6.07) is 0. The molecule has 0 aliphatic heterocycles. The molecular weight excluding hydrogens is 249 g/mol. The third-order valence-electron chi connectivity index (χ3n) is 2.22. The molecule has 0 radical (unpaired) electrons. The normalized spacial score (nSPS) is 11.6. The van der Waals surface area contributed by atoms with Crippen molar-refractivity contribution < 1.29 is 18.0 Å². The van der Waals surface area contributed by atoms with Gasteiger partial charge in [-0.15, -0.1) is 0 Å². The first-order chi connectivity index (χ1) is 8.38. The molecule has 0 spiro atoms. The van der Waals surface area contributed by atoms with Gasteiger partial charge in [-0.1, -0.05) is 0 Å². The topological polar surface area (TPSA) is 59.0 Å². The maximum Gasteiger partial charge on any atom is 0.405 e. The Morgan fingerprint density at radius 3 is 2.78 bits per heavy atom. The summed E-state index contributed by atoms with van der Waals surface area (Å²) in [4.78, 5) is 15.1. The number of carbonyl (C=O) groups excluding carboxylic acids is 1. The number of aryl methyl sites for hydroxylation is 1. The van der Waals surface area contributed by atoms with Crippen LogP contribution >= 0.6 is 0 Å². The van der Waals surface area contributed by atoms with E-state index in [1.54, 1.807) is 17.7 Å². The van der Waals surface area contributed by atoms with E-state index >= 15 is 0 Å². The van der Waals surface area contributed by atoms with Crippen LogP contribution in [0.25, 0.3) is 0 Å². The largest absolute Gasteiger partial charge is 0.405 e. The number of alkyl halides is 3. The van der Waals surface area contributed by atoms with Crippen LogP contribution in [0.15, 0.2) is 12.4 Å². The quantitative estimate of drug-likeness (QED) is 0.723. The molecule has 0 saturated carbocycles. The minimum Gasteiger partial charge on any atom is -0.346 e. The highest BCUT2D eigenvalue weighted by Crippen LogP contribution is 2.11. The molecule has 8 heteroatoms. The molecule has 0 fully saturated rings. The Hall–Kier alpha value is -1.57. The van der Waals surface area contributed by atoms with Crippen LogP contribution in [-0.2, 0) is 18.3 Å². The summed E-state index contributed by atoms with van der Waals surface area (Å²) in [7, 11) is 1.85. The number of rotatable bonds is 6. The molecule has 0 atom stereocenters. The van der Waals surface area contributed by atoms with Crippen molar-refractivity contribution in [3.63, 3.8) is 0 Å². The molecule has 5 nitrogen and oxygen atoms in total. The Bertz CT molecular complexity index is 389. The highest BCUT2D eigenvalue weighted by atomic mass is 19.4. The molecule has 102 valence electrons. The summed E-state index contributed by atoms with van der Waals surface area (Å²) < 4.78 is 37.2. The number of nitrogens with zero attached hydrogens (tertiary/aromatic N) is 2. The van der Waals surface area contributed by atoms with Crippen LogP contribution in [0.1, 0.15) is 5.82 Å². The zero-order valence-electron chi connectivity index (χ0n) is 9.92. The van der Waals surface area contributed by atoms with Crippen LogP contribution < -0.4 is 10.6 Å². The van der Waals surface area contributed by atoms with Crippen molar-refractivity contribution in [2.75, 3.05) is 19.6 Å². The van der Waals surface area contributed by atoms with E-state index < -0.39 is 18.6 Å². The second kappa shape index (κ2) is 6.39. The van der Waals surface area contributed by atoms with Crippen molar-refractivity contribution in [1.29, 1.82) is 0 Å². The second-order valence-electron chi connectivity index (χ2n) is 3.77. The van der Waals surface area contributed by atoms with Gasteiger partial charge >= 0.3 is 6.18 Å². The molecular formula is C10H15F3N4O. The maximum atomic E-state index is 11.8. The molecule has 0 aliphatic rings. The average molecular weight is 264 g/mol. The van der Waals surface area contributed by atoms with Gasteiger partial charge in [0.05, 0.1) is 6.54 Å². The number of aromatic nitrogens is 2. The maximum absolute atomic E-state index is 11.8. The van der Waals surface area contributed by atoms with Gasteiger partial charge < -0.3 is 15.2 Å². The zero-order valence-corrected chi connectivity index (χ0v) is 9.92. The fourth-order valence-electron chi connectivity index (χ4n) is 1.30. The van der Waals surface area contributed by atoms with E-state index in [9.17, 15) is 18.0 Å². The lowest BCUT2D eigenvalue weighted by atomic mass is 10.4. The highest BCUT2D eigenvalue weighted by molar-refractivity contribution is 5.77. The first-order valence-electron chi connectivity index (χ1n) is 5.39. The summed E-state index contributed by atoms with van der Waals surface area (Å²) in [5.74, 6) is 0.172. The van der Waals surface area contributed by atoms with Crippen LogP contribution in [0.4, 0.5) is 13.2 Å². The van der Waals surface area contributed by atoms with Gasteiger partial charge in [-0.3, -0.25) is 4.79 Å². The van der Waals surface area contributed by atoms with Gasteiger partial charge in [0.25, 0.3) is 0 Å². The fourth-order valence-corrected chi connectivity index (χ4v) is 1.30. The molecule has 0 aliphatic carbocycles. The van der Waals surface area contributed by atoms with Crippen LogP contribution in [0.3, 0.4) is 0 Å². The Morgan fingerprint density at radius 1 is 1.50 bits per heavy atom. The van der Waals surface area contributed by atoms with Crippen LogP contribution in [-0.4, -0.2) is 41.3 Å². The molecule has 0 aromatic carbocycles. The van der Waals surface area contributed by atoms with E-state index in [0.29, 0.717) is 13.0 Å². The number of halogens is 3. The van der Waals surface area contributed by atoms with E-state index in [4.69, 9.17) is 0 Å². The van der Waals surface area contributed by atoms with Crippen molar-refractivity contribution in [3.05, 3.63) is 18.2 Å². The molecule has 0 unspecified atom stereocenters. The number of hydrogen-bond donors (Lipinski definition) is 2. The second-order valence-corrected chi connectivity index (χ2v) is 3.77. The Labute approximate surface area is 102 Å². The minimum absolute atomic E-state index is 0.138. The van der Waals surface area contributed by atoms with Gasteiger partial charge in [-0.05, 0) is 0 Å². The molecule has 1 rings (SSSR count). The molecule has 1 heterocycles. The molecule has 0 saturated heterocycles. The predicted molar refractivity (Wildman–Crippen MR) is 58.8 cm³/mol. The first-order valence-corrected chi connectivity index (χ1v) is 5.39. The minimum atomic E-state index is -4.37. The Balaban J connectivity index is 2.11. The van der Waals surface area contributed by atoms with Crippen LogP contribution in [0, 0.1) is 0 Å². The van der Waals surface area contributed by atoms with Crippen molar-refractivity contribution in [1.82, 2.24) is 20.2 Å². The number of nitrogens with one attached hydrogen (secondary N) is 2. The van der Waals surface area contributed by atoms with E-state index in [2.05, 4.69) is 10.3 Å². The lowest BCUT2D eigenvalue weighted by Crippen LogP contribution is -2.39. The number of carbonyl (C=O) groups is 1. The molecule has 2 N–H and O–H groups in total. The van der Waals surface area contributed by atoms with Crippen molar-refractivity contribution in [3.8, 4) is 0 Å². The highest BCUT2D eigenvalue weighted by Gasteiger charge is 2.27. The van der Waals surface area contributed by atoms with E-state index in [-0.39, 0.29) is 6.54 Å². The van der Waals surface area contributed by atoms with Gasteiger partial charge in [0.1, 0.15) is 12.4 Å². The van der Waals surface area contributed by atoms with Gasteiger partial charge in [0, 0.05) is 32.4 Å². The van der Waals surface area contributed by atoms with Gasteiger partial charge in [-0.2, -0.15) is 13.2 Å². The molecule has 1 amide bonds. The SMILES string of the molecule is Cn1ccnc1CCNCC(=O)NCC(F)(F)F. The van der Waals surface area contributed by atoms with Crippen molar-refractivity contribution >= 4 is 5.91 Å². The fraction of sp³-hybridized carbons (Fsp3) is 0.600. The summed E-state index contributed by atoms with van der Waals surface area (Å²) in [6.07, 6.45) is -0.310. The molecule has 0 bridgehead atoms. The lowest BCUT2D eigenvalue weighted by Gasteiger charge is -2.09. The summed E-state index contributed by atoms with van der Waals surface area (Å²) in [5, 5.41) is 4.53. The molecule has 1 aromatic heterocycles. The average Bonchev–Trinajstić information content (AvgIpc) is 2.67. The van der Waals surface area contributed by atoms with Crippen LogP contribution in [0.5, 0.6) is 0 Å². The standard InChI is InChI=1S/C10H15F3N4O/c1-17-5-4-15-8(17)2-3-14-6-9(18)16-7-10(11,12)13/h4-5,14H,2-3,6-7H2,1H3,(H,16,18). The number of hydrogen-bond acceptors (Lipinski definition) is 3. The third kappa shape index (κ3) is 5.67. The predicted octanol–water partition coefficient (Wildman–Crippen LogP) is 0.231. The lowest BCUT2D eigenvalue weighted by molar-refractivity contribution is -0.137. The van der Waals surface area contributed by atoms with Gasteiger partial charge in [-0.25, -0.2) is 4.98 Å². The first kappa shape index (κ1) is 14.5. The van der Waals surface area contributed by atoms with Gasteiger partial charge in [0.15, 0.2) is 0 Å². The smallest absolute Gasteiger partial charge is 0.346 e. The van der Waals surface area contributed by atoms with E-state index in [1.165, 1.54) is 0 Å². The summed E-state index contributed by atoms with van der Waals surface area (Å²) in [5.41, 5.74) is 0. The van der Waals surface area contributed by atoms with E-state index in [0.717, 1.165) is 5.82 Å². The Morgan fingerprint density at radius 2 is 2.22 bits per heavy atom. The van der Waals surface area contributed by atoms with Crippen molar-refractivity contribution in [2.45, 2.75) is 12.6 Å². The number of amides is 1. The van der Waals surface area contributed by atoms with Crippen LogP contribution in [0.2, 0.25) is 0 Å². The number of imidazole rings is 1. The zero-order chi connectivity index (χ0) is 13.6. The van der Waals surface area contributed by atoms with E-state index in [1.807, 2.05) is 11.6 Å². The molecule has 1 aromatic rings.